The van der Waals surface area contributed by atoms with Gasteiger partial charge in [0.2, 0.25) is 5.91 Å². The number of nitrogens with zero attached hydrogens (tertiary/aromatic N) is 1. The summed E-state index contributed by atoms with van der Waals surface area (Å²) in [5, 5.41) is 2.77. The Morgan fingerprint density at radius 3 is 2.06 bits per heavy atom. The number of fused-ring (bicyclic) bond motifs is 1. The lowest BCUT2D eigenvalue weighted by atomic mass is 9.96. The fraction of sp³-hybridized carbons (Fsp3) is 0.333. The standard InChI is InChI=1S/C24H26N2O5/c1-4-14-31-24(30)16-10-12-17(13-11-16)25-21(27)20(15(3)5-2)26-22(28)18-8-6-7-9-19(18)23(26)29/h6-13,15,20H,4-5,14H2,1-3H3,(H,25,27). The molecule has 2 unspecified atom stereocenters. The minimum Gasteiger partial charge on any atom is -0.462 e. The number of carbonyl (C=O) groups excluding carboxylic acids is 4. The molecule has 0 spiro atoms. The molecule has 0 fully saturated rings. The van der Waals surface area contributed by atoms with Crippen LogP contribution in [0.15, 0.2) is 48.5 Å². The SMILES string of the molecule is CCCOC(=O)c1ccc(NC(=O)C(C(C)CC)N2C(=O)c3ccccc3C2=O)cc1. The second-order valence-electron chi connectivity index (χ2n) is 7.56. The average molecular weight is 422 g/mol. The van der Waals surface area contributed by atoms with E-state index in [2.05, 4.69) is 5.32 Å². The Labute approximate surface area is 181 Å². The van der Waals surface area contributed by atoms with Crippen LogP contribution >= 0.6 is 0 Å². The molecular weight excluding hydrogens is 396 g/mol. The molecule has 3 rings (SSSR count). The van der Waals surface area contributed by atoms with E-state index in [9.17, 15) is 19.2 Å². The van der Waals surface area contributed by atoms with Crippen LogP contribution in [-0.4, -0.2) is 41.2 Å². The third-order valence-electron chi connectivity index (χ3n) is 5.38. The molecular formula is C24H26N2O5. The van der Waals surface area contributed by atoms with Crippen molar-refractivity contribution in [2.45, 2.75) is 39.7 Å². The first kappa shape index (κ1) is 22.2. The summed E-state index contributed by atoms with van der Waals surface area (Å²) in [5.41, 5.74) is 1.46. The molecule has 1 aliphatic rings. The number of rotatable bonds is 8. The van der Waals surface area contributed by atoms with Gasteiger partial charge in [0.1, 0.15) is 6.04 Å². The van der Waals surface area contributed by atoms with Crippen LogP contribution < -0.4 is 5.32 Å². The number of hydrogen-bond donors (Lipinski definition) is 1. The van der Waals surface area contributed by atoms with E-state index in [-0.39, 0.29) is 5.92 Å². The van der Waals surface area contributed by atoms with Gasteiger partial charge in [-0.1, -0.05) is 39.3 Å². The fourth-order valence-electron chi connectivity index (χ4n) is 3.50. The molecule has 2 aromatic rings. The Hall–Kier alpha value is -3.48. The molecule has 31 heavy (non-hydrogen) atoms. The molecule has 1 aliphatic heterocycles. The van der Waals surface area contributed by atoms with Crippen molar-refractivity contribution < 1.29 is 23.9 Å². The molecule has 1 N–H and O–H groups in total. The monoisotopic (exact) mass is 422 g/mol. The summed E-state index contributed by atoms with van der Waals surface area (Å²) in [6, 6.07) is 11.9. The molecule has 0 radical (unpaired) electrons. The first-order valence-electron chi connectivity index (χ1n) is 10.4. The zero-order chi connectivity index (χ0) is 22.5. The number of hydrogen-bond acceptors (Lipinski definition) is 5. The van der Waals surface area contributed by atoms with Gasteiger partial charge in [-0.05, 0) is 48.7 Å². The second-order valence-corrected chi connectivity index (χ2v) is 7.56. The predicted octanol–water partition coefficient (Wildman–Crippen LogP) is 3.90. The quantitative estimate of drug-likeness (QED) is 0.514. The van der Waals surface area contributed by atoms with Crippen LogP contribution in [-0.2, 0) is 9.53 Å². The first-order chi connectivity index (χ1) is 14.9. The highest BCUT2D eigenvalue weighted by molar-refractivity contribution is 6.23. The van der Waals surface area contributed by atoms with E-state index in [1.807, 2.05) is 20.8 Å². The highest BCUT2D eigenvalue weighted by Crippen LogP contribution is 2.29. The van der Waals surface area contributed by atoms with Gasteiger partial charge in [0.25, 0.3) is 11.8 Å². The summed E-state index contributed by atoms with van der Waals surface area (Å²) in [5.74, 6) is -2.05. The van der Waals surface area contributed by atoms with E-state index in [1.54, 1.807) is 48.5 Å². The number of ether oxygens (including phenoxy) is 1. The molecule has 0 bridgehead atoms. The van der Waals surface area contributed by atoms with Gasteiger partial charge in [0.15, 0.2) is 0 Å². The van der Waals surface area contributed by atoms with E-state index in [0.717, 1.165) is 11.3 Å². The summed E-state index contributed by atoms with van der Waals surface area (Å²) in [6.45, 7) is 5.99. The Kier molecular flexibility index (Phi) is 6.84. The van der Waals surface area contributed by atoms with Crippen LogP contribution in [0.25, 0.3) is 0 Å². The third kappa shape index (κ3) is 4.50. The summed E-state index contributed by atoms with van der Waals surface area (Å²) < 4.78 is 5.10. The molecule has 0 aromatic heterocycles. The van der Waals surface area contributed by atoms with Gasteiger partial charge in [-0.3, -0.25) is 19.3 Å². The number of amides is 3. The van der Waals surface area contributed by atoms with Gasteiger partial charge >= 0.3 is 5.97 Å². The van der Waals surface area contributed by atoms with Crippen molar-refractivity contribution in [2.75, 3.05) is 11.9 Å². The summed E-state index contributed by atoms with van der Waals surface area (Å²) >= 11 is 0. The van der Waals surface area contributed by atoms with Gasteiger partial charge in [-0.25, -0.2) is 4.79 Å². The van der Waals surface area contributed by atoms with Crippen LogP contribution in [0.3, 0.4) is 0 Å². The first-order valence-corrected chi connectivity index (χ1v) is 10.4. The van der Waals surface area contributed by atoms with Gasteiger partial charge in [0, 0.05) is 5.69 Å². The summed E-state index contributed by atoms with van der Waals surface area (Å²) in [4.78, 5) is 52.0. The molecule has 7 nitrogen and oxygen atoms in total. The lowest BCUT2D eigenvalue weighted by Gasteiger charge is -2.29. The zero-order valence-corrected chi connectivity index (χ0v) is 17.9. The van der Waals surface area contributed by atoms with Crippen molar-refractivity contribution in [3.63, 3.8) is 0 Å². The molecule has 0 aliphatic carbocycles. The largest absolute Gasteiger partial charge is 0.462 e. The molecule has 7 heteroatoms. The number of imide groups is 1. The Bertz CT molecular complexity index is 964. The van der Waals surface area contributed by atoms with Gasteiger partial charge in [-0.2, -0.15) is 0 Å². The molecule has 2 aromatic carbocycles. The van der Waals surface area contributed by atoms with Gasteiger partial charge in [-0.15, -0.1) is 0 Å². The molecule has 2 atom stereocenters. The predicted molar refractivity (Wildman–Crippen MR) is 116 cm³/mol. The maximum absolute atomic E-state index is 13.2. The summed E-state index contributed by atoms with van der Waals surface area (Å²) in [6.07, 6.45) is 1.34. The topological polar surface area (TPSA) is 92.8 Å². The van der Waals surface area contributed by atoms with E-state index in [0.29, 0.717) is 35.4 Å². The number of carbonyl (C=O) groups is 4. The molecule has 162 valence electrons. The maximum atomic E-state index is 13.2. The Morgan fingerprint density at radius 2 is 1.55 bits per heavy atom. The van der Waals surface area contributed by atoms with Crippen molar-refractivity contribution in [2.24, 2.45) is 5.92 Å². The van der Waals surface area contributed by atoms with Crippen molar-refractivity contribution >= 4 is 29.4 Å². The zero-order valence-electron chi connectivity index (χ0n) is 17.9. The van der Waals surface area contributed by atoms with Crippen LogP contribution in [0.2, 0.25) is 0 Å². The molecule has 1 heterocycles. The lowest BCUT2D eigenvalue weighted by Crippen LogP contribution is -2.50. The van der Waals surface area contributed by atoms with Gasteiger partial charge < -0.3 is 10.1 Å². The smallest absolute Gasteiger partial charge is 0.338 e. The minimum absolute atomic E-state index is 0.245. The summed E-state index contributed by atoms with van der Waals surface area (Å²) in [7, 11) is 0. The van der Waals surface area contributed by atoms with E-state index in [4.69, 9.17) is 4.74 Å². The number of nitrogens with one attached hydrogen (secondary N) is 1. The van der Waals surface area contributed by atoms with E-state index in [1.165, 1.54) is 0 Å². The van der Waals surface area contributed by atoms with Crippen molar-refractivity contribution in [3.8, 4) is 0 Å². The number of esters is 1. The molecule has 0 saturated carbocycles. The number of anilines is 1. The highest BCUT2D eigenvalue weighted by Gasteiger charge is 2.44. The number of benzene rings is 2. The van der Waals surface area contributed by atoms with Gasteiger partial charge in [0.05, 0.1) is 23.3 Å². The normalized spacial score (nSPS) is 14.7. The highest BCUT2D eigenvalue weighted by atomic mass is 16.5. The maximum Gasteiger partial charge on any atom is 0.338 e. The van der Waals surface area contributed by atoms with Crippen molar-refractivity contribution in [1.82, 2.24) is 4.90 Å². The fourth-order valence-corrected chi connectivity index (χ4v) is 3.50. The second kappa shape index (κ2) is 9.55. The van der Waals surface area contributed by atoms with E-state index < -0.39 is 29.7 Å². The molecule has 0 saturated heterocycles. The third-order valence-corrected chi connectivity index (χ3v) is 5.38. The van der Waals surface area contributed by atoms with Crippen LogP contribution in [0.4, 0.5) is 5.69 Å². The molecule has 3 amide bonds. The Morgan fingerprint density at radius 1 is 0.968 bits per heavy atom. The van der Waals surface area contributed by atoms with Crippen molar-refractivity contribution in [3.05, 3.63) is 65.2 Å². The van der Waals surface area contributed by atoms with Crippen molar-refractivity contribution in [1.29, 1.82) is 0 Å². The average Bonchev–Trinajstić information content (AvgIpc) is 3.03. The van der Waals surface area contributed by atoms with E-state index >= 15 is 0 Å². The lowest BCUT2D eigenvalue weighted by molar-refractivity contribution is -0.121. The van der Waals surface area contributed by atoms with Crippen LogP contribution in [0, 0.1) is 5.92 Å². The van der Waals surface area contributed by atoms with Crippen LogP contribution in [0.5, 0.6) is 0 Å². The minimum atomic E-state index is -0.952. The van der Waals surface area contributed by atoms with Crippen LogP contribution in [0.1, 0.15) is 64.7 Å². The Balaban J connectivity index is 1.80.